The van der Waals surface area contributed by atoms with E-state index in [-0.39, 0.29) is 5.78 Å². The Balaban J connectivity index is 1.90. The van der Waals surface area contributed by atoms with E-state index in [1.54, 1.807) is 0 Å². The lowest BCUT2D eigenvalue weighted by Crippen LogP contribution is -2.10. The Kier molecular flexibility index (Phi) is 6.98. The van der Waals surface area contributed by atoms with Gasteiger partial charge in [-0.15, -0.1) is 11.8 Å². The predicted molar refractivity (Wildman–Crippen MR) is 95.2 cm³/mol. The van der Waals surface area contributed by atoms with Crippen molar-refractivity contribution >= 4 is 17.5 Å². The molecule has 0 spiro atoms. The minimum atomic E-state index is 0.145. The van der Waals surface area contributed by atoms with E-state index in [1.165, 1.54) is 16.5 Å². The highest BCUT2D eigenvalue weighted by Gasteiger charge is 2.13. The van der Waals surface area contributed by atoms with Gasteiger partial charge in [-0.25, -0.2) is 0 Å². The number of hydrogen-bond donors (Lipinski definition) is 0. The predicted octanol–water partition coefficient (Wildman–Crippen LogP) is 5.17. The Morgan fingerprint density at radius 3 is 2.32 bits per heavy atom. The number of benzene rings is 2. The molecule has 1 nitrogen and oxygen atoms in total. The highest BCUT2D eigenvalue weighted by Crippen LogP contribution is 2.25. The summed E-state index contributed by atoms with van der Waals surface area (Å²) in [7, 11) is 0. The second-order valence-electron chi connectivity index (χ2n) is 5.39. The fourth-order valence-electron chi connectivity index (χ4n) is 2.36. The molecular formula is C20H22OS. The smallest absolute Gasteiger partial charge is 0.155 e. The van der Waals surface area contributed by atoms with Crippen molar-refractivity contribution in [1.29, 1.82) is 0 Å². The molecule has 0 aliphatic heterocycles. The molecule has 2 aromatic carbocycles. The van der Waals surface area contributed by atoms with Gasteiger partial charge < -0.3 is 0 Å². The van der Waals surface area contributed by atoms with Gasteiger partial charge in [-0.1, -0.05) is 55.1 Å². The molecule has 0 N–H and O–H groups in total. The average Bonchev–Trinajstić information content (AvgIpc) is 2.59. The first-order valence-corrected chi connectivity index (χ1v) is 8.63. The topological polar surface area (TPSA) is 17.1 Å². The van der Waals surface area contributed by atoms with Crippen LogP contribution in [0.4, 0.5) is 0 Å². The quantitative estimate of drug-likeness (QED) is 0.469. The lowest BCUT2D eigenvalue weighted by atomic mass is 9.96. The van der Waals surface area contributed by atoms with Crippen LogP contribution in [0, 0.1) is 5.92 Å². The molecule has 1 atom stereocenters. The average molecular weight is 310 g/mol. The number of ketones is 1. The third kappa shape index (κ3) is 5.90. The van der Waals surface area contributed by atoms with Crippen LogP contribution in [0.2, 0.25) is 0 Å². The summed E-state index contributed by atoms with van der Waals surface area (Å²) in [5.74, 6) is 1.50. The first kappa shape index (κ1) is 16.6. The van der Waals surface area contributed by atoms with Crippen molar-refractivity contribution in [1.82, 2.24) is 0 Å². The molecule has 0 saturated carbocycles. The molecule has 0 aliphatic rings. The van der Waals surface area contributed by atoms with Gasteiger partial charge in [0.15, 0.2) is 5.78 Å². The normalized spacial score (nSPS) is 11.8. The van der Waals surface area contributed by atoms with Gasteiger partial charge in [0.05, 0.1) is 0 Å². The van der Waals surface area contributed by atoms with Gasteiger partial charge >= 0.3 is 0 Å². The van der Waals surface area contributed by atoms with Gasteiger partial charge in [-0.05, 0) is 42.5 Å². The molecule has 2 rings (SSSR count). The molecule has 0 amide bonds. The maximum Gasteiger partial charge on any atom is 0.155 e. The van der Waals surface area contributed by atoms with Crippen molar-refractivity contribution in [3.05, 3.63) is 78.9 Å². The minimum absolute atomic E-state index is 0.145. The van der Waals surface area contributed by atoms with Gasteiger partial charge in [0.25, 0.3) is 0 Å². The van der Waals surface area contributed by atoms with Gasteiger partial charge in [-0.3, -0.25) is 4.79 Å². The molecule has 2 aromatic rings. The van der Waals surface area contributed by atoms with Gasteiger partial charge in [0.2, 0.25) is 0 Å². The monoisotopic (exact) mass is 310 g/mol. The first-order chi connectivity index (χ1) is 10.8. The van der Waals surface area contributed by atoms with Crippen LogP contribution in [-0.4, -0.2) is 11.5 Å². The van der Waals surface area contributed by atoms with Crippen molar-refractivity contribution in [3.63, 3.8) is 0 Å². The van der Waals surface area contributed by atoms with Crippen LogP contribution < -0.4 is 0 Å². The van der Waals surface area contributed by atoms with E-state index in [0.29, 0.717) is 12.3 Å². The zero-order chi connectivity index (χ0) is 15.6. The molecule has 0 aliphatic carbocycles. The lowest BCUT2D eigenvalue weighted by molar-refractivity contribution is -0.115. The van der Waals surface area contributed by atoms with Crippen LogP contribution in [0.3, 0.4) is 0 Å². The summed E-state index contributed by atoms with van der Waals surface area (Å²) in [4.78, 5) is 13.0. The van der Waals surface area contributed by atoms with Crippen LogP contribution in [0.25, 0.3) is 0 Å². The maximum atomic E-state index is 11.7. The summed E-state index contributed by atoms with van der Waals surface area (Å²) in [6.45, 7) is 3.59. The number of hydrogen-bond acceptors (Lipinski definition) is 2. The first-order valence-electron chi connectivity index (χ1n) is 7.65. The van der Waals surface area contributed by atoms with Gasteiger partial charge in [0, 0.05) is 17.1 Å². The van der Waals surface area contributed by atoms with Crippen molar-refractivity contribution in [2.75, 3.05) is 5.75 Å². The van der Waals surface area contributed by atoms with Crippen molar-refractivity contribution in [3.8, 4) is 0 Å². The summed E-state index contributed by atoms with van der Waals surface area (Å²) in [6.07, 6.45) is 4.09. The molecule has 0 fully saturated rings. The molecular weight excluding hydrogens is 288 g/mol. The van der Waals surface area contributed by atoms with E-state index in [2.05, 4.69) is 55.1 Å². The van der Waals surface area contributed by atoms with Crippen LogP contribution in [0.5, 0.6) is 0 Å². The Bertz CT molecular complexity index is 534. The molecule has 0 bridgehead atoms. The number of aryl methyl sites for hydroxylation is 1. The van der Waals surface area contributed by atoms with Crippen LogP contribution in [0.1, 0.15) is 18.4 Å². The maximum absolute atomic E-state index is 11.7. The van der Waals surface area contributed by atoms with E-state index in [9.17, 15) is 4.79 Å². The van der Waals surface area contributed by atoms with Gasteiger partial charge in [-0.2, -0.15) is 0 Å². The second kappa shape index (κ2) is 9.26. The molecule has 0 aromatic heterocycles. The van der Waals surface area contributed by atoms with Crippen LogP contribution in [-0.2, 0) is 11.2 Å². The molecule has 2 heteroatoms. The lowest BCUT2D eigenvalue weighted by Gasteiger charge is -2.15. The van der Waals surface area contributed by atoms with Gasteiger partial charge in [0.1, 0.15) is 0 Å². The second-order valence-corrected chi connectivity index (χ2v) is 6.48. The largest absolute Gasteiger partial charge is 0.295 e. The highest BCUT2D eigenvalue weighted by atomic mass is 32.2. The van der Waals surface area contributed by atoms with E-state index < -0.39 is 0 Å². The van der Waals surface area contributed by atoms with E-state index in [1.807, 2.05) is 23.9 Å². The summed E-state index contributed by atoms with van der Waals surface area (Å²) < 4.78 is 0. The van der Waals surface area contributed by atoms with Crippen LogP contribution >= 0.6 is 11.8 Å². The third-order valence-electron chi connectivity index (χ3n) is 3.63. The summed E-state index contributed by atoms with van der Waals surface area (Å²) in [6, 6.07) is 20.8. The number of thioether (sulfide) groups is 1. The zero-order valence-electron chi connectivity index (χ0n) is 12.8. The number of carbonyl (C=O) groups is 1. The van der Waals surface area contributed by atoms with Crippen molar-refractivity contribution in [2.45, 2.75) is 24.2 Å². The molecule has 22 heavy (non-hydrogen) atoms. The molecule has 0 radical (unpaired) electrons. The fraction of sp³-hybridized carbons (Fsp3) is 0.250. The standard InChI is InChI=1S/C20H22OS/c1-2-19(21)15-18(14-13-17-9-5-3-6-10-17)16-22-20-11-7-4-8-12-20/h2-12,18H,1,13-16H2. The zero-order valence-corrected chi connectivity index (χ0v) is 13.6. The summed E-state index contributed by atoms with van der Waals surface area (Å²) in [5.41, 5.74) is 1.34. The fourth-order valence-corrected chi connectivity index (χ4v) is 3.42. The third-order valence-corrected chi connectivity index (χ3v) is 4.87. The Morgan fingerprint density at radius 1 is 1.05 bits per heavy atom. The van der Waals surface area contributed by atoms with Crippen molar-refractivity contribution in [2.24, 2.45) is 5.92 Å². The molecule has 0 saturated heterocycles. The molecule has 1 unspecified atom stereocenters. The van der Waals surface area contributed by atoms with Crippen molar-refractivity contribution < 1.29 is 4.79 Å². The van der Waals surface area contributed by atoms with E-state index >= 15 is 0 Å². The Labute approximate surface area is 137 Å². The van der Waals surface area contributed by atoms with Crippen LogP contribution in [0.15, 0.2) is 78.2 Å². The molecule has 114 valence electrons. The Morgan fingerprint density at radius 2 is 1.68 bits per heavy atom. The number of carbonyl (C=O) groups excluding carboxylic acids is 1. The summed E-state index contributed by atoms with van der Waals surface area (Å²) in [5, 5.41) is 0. The molecule has 0 heterocycles. The minimum Gasteiger partial charge on any atom is -0.295 e. The van der Waals surface area contributed by atoms with E-state index in [4.69, 9.17) is 0 Å². The number of rotatable bonds is 9. The van der Waals surface area contributed by atoms with E-state index in [0.717, 1.165) is 18.6 Å². The Hall–Kier alpha value is -1.80. The SMILES string of the molecule is C=CC(=O)CC(CCc1ccccc1)CSc1ccccc1. The summed E-state index contributed by atoms with van der Waals surface area (Å²) >= 11 is 1.83. The number of allylic oxidation sites excluding steroid dienone is 1. The highest BCUT2D eigenvalue weighted by molar-refractivity contribution is 7.99.